The Balaban J connectivity index is 1.83. The molecule has 0 aliphatic carbocycles. The van der Waals surface area contributed by atoms with Crippen LogP contribution in [0.2, 0.25) is 0 Å². The van der Waals surface area contributed by atoms with Gasteiger partial charge in [-0.1, -0.05) is 42.5 Å². The number of nitrogens with one attached hydrogen (secondary N) is 1. The van der Waals surface area contributed by atoms with Crippen molar-refractivity contribution in [2.24, 2.45) is 10.7 Å². The molecule has 0 fully saturated rings. The first-order valence-electron chi connectivity index (χ1n) is 9.43. The van der Waals surface area contributed by atoms with Crippen LogP contribution in [0, 0.1) is 11.3 Å². The van der Waals surface area contributed by atoms with E-state index in [9.17, 15) is 0 Å². The molecule has 5 heteroatoms. The van der Waals surface area contributed by atoms with E-state index in [1.165, 1.54) is 0 Å². The van der Waals surface area contributed by atoms with E-state index in [1.54, 1.807) is 24.7 Å². The van der Waals surface area contributed by atoms with E-state index in [4.69, 9.17) is 11.0 Å². The smallest absolute Gasteiger partial charge is 0.0654 e. The summed E-state index contributed by atoms with van der Waals surface area (Å²) < 4.78 is 0. The average Bonchev–Trinajstić information content (AvgIpc) is 2.78. The number of allylic oxidation sites excluding steroid dienone is 1. The number of nitrogens with zero attached hydrogens (tertiary/aromatic N) is 3. The van der Waals surface area contributed by atoms with Gasteiger partial charge >= 0.3 is 0 Å². The number of nitrogens with two attached hydrogens (primary N) is 1. The number of nitriles is 1. The Morgan fingerprint density at radius 1 is 1.10 bits per heavy atom. The van der Waals surface area contributed by atoms with Crippen LogP contribution in [0.15, 0.2) is 84.1 Å². The molecule has 144 valence electrons. The molecule has 0 unspecified atom stereocenters. The number of benzene rings is 2. The van der Waals surface area contributed by atoms with Crippen LogP contribution in [0.4, 0.5) is 5.69 Å². The molecule has 29 heavy (non-hydrogen) atoms. The maximum absolute atomic E-state index is 8.80. The number of rotatable bonds is 8. The maximum Gasteiger partial charge on any atom is 0.0654 e. The van der Waals surface area contributed by atoms with E-state index in [0.29, 0.717) is 25.2 Å². The highest BCUT2D eigenvalue weighted by Crippen LogP contribution is 2.28. The van der Waals surface area contributed by atoms with Gasteiger partial charge in [-0.25, -0.2) is 0 Å². The third-order valence-electron chi connectivity index (χ3n) is 4.35. The second kappa shape index (κ2) is 10.4. The normalized spacial score (nSPS) is 11.3. The largest absolute Gasteiger partial charge is 0.398 e. The molecule has 0 radical (unpaired) electrons. The SMILES string of the molecule is N#CCCNc1ccc(-c2ccccc2)cc1C(N)=CC=NCc1cccnc1. The summed E-state index contributed by atoms with van der Waals surface area (Å²) in [6, 6.07) is 22.3. The van der Waals surface area contributed by atoms with Gasteiger partial charge in [-0.2, -0.15) is 5.26 Å². The van der Waals surface area contributed by atoms with Crippen LogP contribution in [0.25, 0.3) is 16.8 Å². The van der Waals surface area contributed by atoms with Crippen LogP contribution in [-0.4, -0.2) is 17.7 Å². The lowest BCUT2D eigenvalue weighted by atomic mass is 10.00. The molecule has 0 atom stereocenters. The number of hydrogen-bond donors (Lipinski definition) is 2. The van der Waals surface area contributed by atoms with E-state index in [1.807, 2.05) is 36.4 Å². The number of hydrogen-bond acceptors (Lipinski definition) is 5. The fraction of sp³-hybridized carbons (Fsp3) is 0.125. The lowest BCUT2D eigenvalue weighted by Crippen LogP contribution is -2.06. The van der Waals surface area contributed by atoms with Gasteiger partial charge in [0.2, 0.25) is 0 Å². The van der Waals surface area contributed by atoms with Crippen molar-refractivity contribution in [1.29, 1.82) is 5.26 Å². The van der Waals surface area contributed by atoms with Crippen molar-refractivity contribution in [2.45, 2.75) is 13.0 Å². The van der Waals surface area contributed by atoms with Crippen molar-refractivity contribution >= 4 is 17.6 Å². The number of pyridine rings is 1. The summed E-state index contributed by atoms with van der Waals surface area (Å²) in [6.45, 7) is 1.12. The highest BCUT2D eigenvalue weighted by molar-refractivity contribution is 5.88. The summed E-state index contributed by atoms with van der Waals surface area (Å²) in [6.07, 6.45) is 7.49. The minimum absolute atomic E-state index is 0.427. The first-order valence-corrected chi connectivity index (χ1v) is 9.43. The van der Waals surface area contributed by atoms with Gasteiger partial charge in [0.25, 0.3) is 0 Å². The van der Waals surface area contributed by atoms with Crippen molar-refractivity contribution < 1.29 is 0 Å². The van der Waals surface area contributed by atoms with E-state index in [2.05, 4.69) is 45.6 Å². The fourth-order valence-corrected chi connectivity index (χ4v) is 2.87. The highest BCUT2D eigenvalue weighted by atomic mass is 14.9. The van der Waals surface area contributed by atoms with Crippen molar-refractivity contribution in [3.8, 4) is 17.2 Å². The summed E-state index contributed by atoms with van der Waals surface area (Å²) in [5.74, 6) is 0. The molecule has 0 spiro atoms. The van der Waals surface area contributed by atoms with Gasteiger partial charge in [-0.15, -0.1) is 0 Å². The highest BCUT2D eigenvalue weighted by Gasteiger charge is 2.07. The first kappa shape index (κ1) is 19.8. The van der Waals surface area contributed by atoms with Crippen LogP contribution in [0.1, 0.15) is 17.5 Å². The summed E-state index contributed by atoms with van der Waals surface area (Å²) in [5.41, 5.74) is 12.0. The molecule has 3 N–H and O–H groups in total. The Labute approximate surface area is 171 Å². The molecule has 5 nitrogen and oxygen atoms in total. The van der Waals surface area contributed by atoms with Gasteiger partial charge in [-0.05, 0) is 41.0 Å². The second-order valence-corrected chi connectivity index (χ2v) is 6.43. The molecule has 3 rings (SSSR count). The molecule has 1 aromatic heterocycles. The zero-order valence-electron chi connectivity index (χ0n) is 16.1. The van der Waals surface area contributed by atoms with Crippen molar-refractivity contribution in [3.63, 3.8) is 0 Å². The topological polar surface area (TPSA) is 87.1 Å². The Bertz CT molecular complexity index is 1020. The van der Waals surface area contributed by atoms with Gasteiger partial charge in [0.15, 0.2) is 0 Å². The molecule has 0 saturated heterocycles. The fourth-order valence-electron chi connectivity index (χ4n) is 2.87. The molecule has 1 heterocycles. The van der Waals surface area contributed by atoms with Crippen LogP contribution in [0.3, 0.4) is 0 Å². The Morgan fingerprint density at radius 3 is 2.72 bits per heavy atom. The Hall–Kier alpha value is -3.91. The third kappa shape index (κ3) is 5.78. The summed E-state index contributed by atoms with van der Waals surface area (Å²) in [7, 11) is 0. The van der Waals surface area contributed by atoms with E-state index in [0.717, 1.165) is 27.9 Å². The molecule has 0 saturated carbocycles. The van der Waals surface area contributed by atoms with Crippen LogP contribution < -0.4 is 11.1 Å². The first-order chi connectivity index (χ1) is 14.3. The minimum atomic E-state index is 0.427. The lowest BCUT2D eigenvalue weighted by molar-refractivity contribution is 1.05. The zero-order valence-corrected chi connectivity index (χ0v) is 16.1. The van der Waals surface area contributed by atoms with E-state index < -0.39 is 0 Å². The predicted octanol–water partition coefficient (Wildman–Crippen LogP) is 4.64. The number of anilines is 1. The standard InChI is InChI=1S/C24H23N5/c25-12-5-14-29-24-10-9-21(20-7-2-1-3-8-20)16-22(24)23(26)11-15-28-18-19-6-4-13-27-17-19/h1-4,6-11,13,15-17,29H,5,14,18,26H2. The molecular weight excluding hydrogens is 358 g/mol. The number of aromatic nitrogens is 1. The van der Waals surface area contributed by atoms with Gasteiger partial charge in [0.05, 0.1) is 19.0 Å². The Kier molecular flexibility index (Phi) is 7.14. The minimum Gasteiger partial charge on any atom is -0.398 e. The molecule has 2 aromatic carbocycles. The van der Waals surface area contributed by atoms with Crippen molar-refractivity contribution in [2.75, 3.05) is 11.9 Å². The molecule has 0 amide bonds. The van der Waals surface area contributed by atoms with Gasteiger partial charge in [0, 0.05) is 42.1 Å². The average molecular weight is 381 g/mol. The maximum atomic E-state index is 8.80. The van der Waals surface area contributed by atoms with Gasteiger partial charge in [0.1, 0.15) is 0 Å². The second-order valence-electron chi connectivity index (χ2n) is 6.43. The van der Waals surface area contributed by atoms with Gasteiger partial charge in [-0.3, -0.25) is 9.98 Å². The van der Waals surface area contributed by atoms with Crippen LogP contribution in [0.5, 0.6) is 0 Å². The van der Waals surface area contributed by atoms with E-state index in [-0.39, 0.29) is 0 Å². The third-order valence-corrected chi connectivity index (χ3v) is 4.35. The Morgan fingerprint density at radius 2 is 1.97 bits per heavy atom. The summed E-state index contributed by atoms with van der Waals surface area (Å²) >= 11 is 0. The van der Waals surface area contributed by atoms with Crippen molar-refractivity contribution in [1.82, 2.24) is 4.98 Å². The molecule has 3 aromatic rings. The number of aliphatic imine (C=N–C) groups is 1. The molecule has 0 bridgehead atoms. The molecule has 0 aliphatic heterocycles. The van der Waals surface area contributed by atoms with Crippen molar-refractivity contribution in [3.05, 3.63) is 90.3 Å². The lowest BCUT2D eigenvalue weighted by Gasteiger charge is -2.13. The summed E-state index contributed by atoms with van der Waals surface area (Å²) in [5, 5.41) is 12.1. The quantitative estimate of drug-likeness (QED) is 0.439. The summed E-state index contributed by atoms with van der Waals surface area (Å²) in [4.78, 5) is 8.49. The molecule has 0 aliphatic rings. The van der Waals surface area contributed by atoms with Crippen LogP contribution in [-0.2, 0) is 6.54 Å². The van der Waals surface area contributed by atoms with Gasteiger partial charge < -0.3 is 11.1 Å². The zero-order chi connectivity index (χ0) is 20.3. The predicted molar refractivity (Wildman–Crippen MR) is 119 cm³/mol. The van der Waals surface area contributed by atoms with E-state index >= 15 is 0 Å². The monoisotopic (exact) mass is 381 g/mol. The van der Waals surface area contributed by atoms with Crippen LogP contribution >= 0.6 is 0 Å². The molecular formula is C24H23N5.